The molecule has 2 aromatic heterocycles. The fourth-order valence-corrected chi connectivity index (χ4v) is 3.53. The fourth-order valence-electron chi connectivity index (χ4n) is 3.53. The number of hydrogen-bond donors (Lipinski definition) is 1. The van der Waals surface area contributed by atoms with E-state index in [1.54, 1.807) is 10.9 Å². The highest BCUT2D eigenvalue weighted by molar-refractivity contribution is 5.96. The van der Waals surface area contributed by atoms with Gasteiger partial charge in [0.05, 0.1) is 5.69 Å². The summed E-state index contributed by atoms with van der Waals surface area (Å²) in [5, 5.41) is 8.50. The first-order valence-corrected chi connectivity index (χ1v) is 9.29. The van der Waals surface area contributed by atoms with Crippen LogP contribution in [0.25, 0.3) is 5.82 Å². The van der Waals surface area contributed by atoms with Crippen molar-refractivity contribution in [1.82, 2.24) is 14.8 Å². The molecule has 6 nitrogen and oxygen atoms in total. The van der Waals surface area contributed by atoms with Gasteiger partial charge in [-0.1, -0.05) is 11.2 Å². The van der Waals surface area contributed by atoms with E-state index in [0.717, 1.165) is 41.8 Å². The molecular weight excluding hydrogens is 357 g/mol. The monoisotopic (exact) mass is 379 g/mol. The molecule has 0 bridgehead atoms. The third-order valence-electron chi connectivity index (χ3n) is 4.92. The second kappa shape index (κ2) is 7.42. The summed E-state index contributed by atoms with van der Waals surface area (Å²) in [6.45, 7) is 3.92. The lowest BCUT2D eigenvalue weighted by atomic mass is 9.89. The molecular formula is C21H22FN5O. The molecule has 0 radical (unpaired) electrons. The number of nitrogens with two attached hydrogens (primary N) is 1. The highest BCUT2D eigenvalue weighted by Crippen LogP contribution is 2.33. The molecule has 0 saturated carbocycles. The SMILES string of the molecule is Cc1cc(C)n(-c2ccc(C(N)=NOC3CCCc4ccc(F)cc43)cn2)n1. The van der Waals surface area contributed by atoms with Crippen LogP contribution in [-0.2, 0) is 11.3 Å². The highest BCUT2D eigenvalue weighted by Gasteiger charge is 2.22. The number of hydrogen-bond acceptors (Lipinski definition) is 4. The maximum absolute atomic E-state index is 13.6. The van der Waals surface area contributed by atoms with E-state index >= 15 is 0 Å². The Labute approximate surface area is 162 Å². The van der Waals surface area contributed by atoms with Gasteiger partial charge in [0.2, 0.25) is 0 Å². The predicted molar refractivity (Wildman–Crippen MR) is 105 cm³/mol. The first kappa shape index (κ1) is 18.2. The van der Waals surface area contributed by atoms with Crippen molar-refractivity contribution in [3.8, 4) is 5.82 Å². The van der Waals surface area contributed by atoms with Crippen molar-refractivity contribution in [2.24, 2.45) is 10.9 Å². The van der Waals surface area contributed by atoms with Crippen LogP contribution in [0, 0.1) is 19.7 Å². The van der Waals surface area contributed by atoms with Crippen LogP contribution in [0.2, 0.25) is 0 Å². The summed E-state index contributed by atoms with van der Waals surface area (Å²) in [5.41, 5.74) is 10.6. The Bertz CT molecular complexity index is 1030. The van der Waals surface area contributed by atoms with Crippen LogP contribution in [0.1, 0.15) is 47.0 Å². The van der Waals surface area contributed by atoms with Gasteiger partial charge in [0.15, 0.2) is 17.8 Å². The Morgan fingerprint density at radius 1 is 1.25 bits per heavy atom. The van der Waals surface area contributed by atoms with Crippen molar-refractivity contribution in [3.05, 3.63) is 76.5 Å². The number of aromatic nitrogens is 3. The normalized spacial score (nSPS) is 16.7. The summed E-state index contributed by atoms with van der Waals surface area (Å²) in [5.74, 6) is 0.672. The maximum Gasteiger partial charge on any atom is 0.171 e. The second-order valence-electron chi connectivity index (χ2n) is 7.05. The van der Waals surface area contributed by atoms with Crippen molar-refractivity contribution < 1.29 is 9.23 Å². The quantitative estimate of drug-likeness (QED) is 0.426. The number of fused-ring (bicyclic) bond motifs is 1. The minimum atomic E-state index is -0.292. The van der Waals surface area contributed by atoms with Crippen LogP contribution in [0.5, 0.6) is 0 Å². The molecule has 7 heteroatoms. The van der Waals surface area contributed by atoms with Gasteiger partial charge in [0.25, 0.3) is 0 Å². The molecule has 0 aliphatic heterocycles. The van der Waals surface area contributed by atoms with E-state index < -0.39 is 0 Å². The van der Waals surface area contributed by atoms with E-state index in [1.807, 2.05) is 38.1 Å². The Kier molecular flexibility index (Phi) is 4.81. The molecule has 0 saturated heterocycles. The number of amidine groups is 1. The third kappa shape index (κ3) is 3.60. The van der Waals surface area contributed by atoms with Gasteiger partial charge in [0, 0.05) is 23.0 Å². The first-order valence-electron chi connectivity index (χ1n) is 9.29. The summed E-state index contributed by atoms with van der Waals surface area (Å²) in [6, 6.07) is 10.5. The molecule has 1 unspecified atom stereocenters. The maximum atomic E-state index is 13.6. The van der Waals surface area contributed by atoms with Crippen molar-refractivity contribution in [2.45, 2.75) is 39.2 Å². The molecule has 0 amide bonds. The molecule has 0 fully saturated rings. The Balaban J connectivity index is 1.51. The molecule has 144 valence electrons. The van der Waals surface area contributed by atoms with Gasteiger partial charge >= 0.3 is 0 Å². The van der Waals surface area contributed by atoms with Crippen molar-refractivity contribution in [2.75, 3.05) is 0 Å². The Hall–Kier alpha value is -3.22. The Morgan fingerprint density at radius 3 is 2.82 bits per heavy atom. The standard InChI is InChI=1S/C21H22FN5O/c1-13-10-14(2)27(25-13)20-9-7-16(12-24-20)21(23)26-28-19-5-3-4-15-6-8-17(22)11-18(15)19/h6-12,19H,3-5H2,1-2H3,(H2,23,26). The summed E-state index contributed by atoms with van der Waals surface area (Å²) in [4.78, 5) is 10.1. The molecule has 3 aromatic rings. The fraction of sp³-hybridized carbons (Fsp3) is 0.286. The van der Waals surface area contributed by atoms with Gasteiger partial charge < -0.3 is 10.6 Å². The number of nitrogens with zero attached hydrogens (tertiary/aromatic N) is 4. The molecule has 28 heavy (non-hydrogen) atoms. The zero-order chi connectivity index (χ0) is 19.7. The van der Waals surface area contributed by atoms with Gasteiger partial charge in [-0.25, -0.2) is 14.1 Å². The van der Waals surface area contributed by atoms with Crippen molar-refractivity contribution >= 4 is 5.84 Å². The molecule has 0 spiro atoms. The lowest BCUT2D eigenvalue weighted by molar-refractivity contribution is 0.0456. The summed E-state index contributed by atoms with van der Waals surface area (Å²) < 4.78 is 15.4. The average Bonchev–Trinajstić information content (AvgIpc) is 3.04. The predicted octanol–water partition coefficient (Wildman–Crippen LogP) is 3.74. The summed E-state index contributed by atoms with van der Waals surface area (Å²) in [6.07, 6.45) is 4.02. The van der Waals surface area contributed by atoms with Crippen LogP contribution in [0.15, 0.2) is 47.8 Å². The number of rotatable bonds is 4. The zero-order valence-electron chi connectivity index (χ0n) is 15.9. The molecule has 1 aliphatic carbocycles. The highest BCUT2D eigenvalue weighted by atomic mass is 19.1. The first-order chi connectivity index (χ1) is 13.5. The lowest BCUT2D eigenvalue weighted by Gasteiger charge is -2.23. The molecule has 1 aromatic carbocycles. The van der Waals surface area contributed by atoms with Gasteiger partial charge in [-0.05, 0) is 69.0 Å². The summed E-state index contributed by atoms with van der Waals surface area (Å²) >= 11 is 0. The van der Waals surface area contributed by atoms with Crippen LogP contribution < -0.4 is 5.73 Å². The van der Waals surface area contributed by atoms with E-state index in [0.29, 0.717) is 11.4 Å². The van der Waals surface area contributed by atoms with Gasteiger partial charge in [0.1, 0.15) is 5.82 Å². The zero-order valence-corrected chi connectivity index (χ0v) is 15.9. The molecule has 2 N–H and O–H groups in total. The number of halogens is 1. The van der Waals surface area contributed by atoms with Gasteiger partial charge in [-0.2, -0.15) is 5.10 Å². The molecule has 2 heterocycles. The van der Waals surface area contributed by atoms with E-state index in [4.69, 9.17) is 10.6 Å². The smallest absolute Gasteiger partial charge is 0.171 e. The van der Waals surface area contributed by atoms with Crippen LogP contribution >= 0.6 is 0 Å². The van der Waals surface area contributed by atoms with Gasteiger partial charge in [-0.3, -0.25) is 0 Å². The third-order valence-corrected chi connectivity index (χ3v) is 4.92. The minimum absolute atomic E-state index is 0.232. The second-order valence-corrected chi connectivity index (χ2v) is 7.05. The molecule has 4 rings (SSSR count). The van der Waals surface area contributed by atoms with E-state index in [2.05, 4.69) is 15.2 Å². The average molecular weight is 379 g/mol. The Morgan fingerprint density at radius 2 is 2.11 bits per heavy atom. The van der Waals surface area contributed by atoms with Gasteiger partial charge in [-0.15, -0.1) is 0 Å². The molecule has 1 aliphatic rings. The number of pyridine rings is 1. The van der Waals surface area contributed by atoms with Crippen LogP contribution in [-0.4, -0.2) is 20.6 Å². The summed E-state index contributed by atoms with van der Waals surface area (Å²) in [7, 11) is 0. The van der Waals surface area contributed by atoms with Crippen LogP contribution in [0.3, 0.4) is 0 Å². The van der Waals surface area contributed by atoms with E-state index in [1.165, 1.54) is 12.1 Å². The lowest BCUT2D eigenvalue weighted by Crippen LogP contribution is -2.17. The number of aryl methyl sites for hydroxylation is 3. The largest absolute Gasteiger partial charge is 0.386 e. The molecule has 1 atom stereocenters. The minimum Gasteiger partial charge on any atom is -0.386 e. The van der Waals surface area contributed by atoms with E-state index in [-0.39, 0.29) is 17.8 Å². The number of benzene rings is 1. The van der Waals surface area contributed by atoms with Crippen molar-refractivity contribution in [3.63, 3.8) is 0 Å². The topological polar surface area (TPSA) is 78.3 Å². The number of oxime groups is 1. The van der Waals surface area contributed by atoms with Crippen molar-refractivity contribution in [1.29, 1.82) is 0 Å². The van der Waals surface area contributed by atoms with E-state index in [9.17, 15) is 4.39 Å². The van der Waals surface area contributed by atoms with Crippen LogP contribution in [0.4, 0.5) is 4.39 Å².